The molecule has 1 unspecified atom stereocenters. The van der Waals surface area contributed by atoms with E-state index in [0.717, 1.165) is 0 Å². The summed E-state index contributed by atoms with van der Waals surface area (Å²) in [6.45, 7) is 3.27. The van der Waals surface area contributed by atoms with Gasteiger partial charge in [-0.3, -0.25) is 4.79 Å². The number of oxazole rings is 1. The number of nitrogens with zero attached hydrogens (tertiary/aromatic N) is 1. The summed E-state index contributed by atoms with van der Waals surface area (Å²) in [5.74, 6) is -4.10. The van der Waals surface area contributed by atoms with E-state index in [9.17, 15) is 13.6 Å². The molecule has 3 heterocycles. The van der Waals surface area contributed by atoms with Gasteiger partial charge in [-0.25, -0.2) is 13.8 Å². The molecule has 0 radical (unpaired) electrons. The van der Waals surface area contributed by atoms with Gasteiger partial charge in [-0.1, -0.05) is 0 Å². The van der Waals surface area contributed by atoms with Crippen molar-refractivity contribution in [2.45, 2.75) is 38.7 Å². The third-order valence-corrected chi connectivity index (χ3v) is 5.13. The molecule has 154 valence electrons. The van der Waals surface area contributed by atoms with Crippen LogP contribution in [0.15, 0.2) is 27.2 Å². The molecular weight excluding hydrogens is 384 g/mol. The molecule has 1 aromatic carbocycles. The fraction of sp³-hybridized carbons (Fsp3) is 0.400. The number of amides is 1. The number of halogens is 2. The number of primary amides is 1. The third-order valence-electron chi connectivity index (χ3n) is 5.13. The second-order valence-electron chi connectivity index (χ2n) is 7.20. The molecule has 3 aromatic rings. The number of hydrogen-bond donors (Lipinski definition) is 2. The smallest absolute Gasteiger partial charge is 0.267 e. The Morgan fingerprint density at radius 3 is 2.86 bits per heavy atom. The quantitative estimate of drug-likeness (QED) is 0.674. The minimum atomic E-state index is -3.04. The van der Waals surface area contributed by atoms with Crippen molar-refractivity contribution in [1.29, 1.82) is 0 Å². The summed E-state index contributed by atoms with van der Waals surface area (Å²) in [5, 5.41) is 2.99. The number of furan rings is 1. The largest absolute Gasteiger partial charge is 0.484 e. The van der Waals surface area contributed by atoms with Crippen molar-refractivity contribution in [1.82, 2.24) is 10.3 Å². The number of hydrogen-bond acceptors (Lipinski definition) is 6. The monoisotopic (exact) mass is 405 g/mol. The van der Waals surface area contributed by atoms with Gasteiger partial charge in [0.05, 0.1) is 23.7 Å². The lowest BCUT2D eigenvalue weighted by Gasteiger charge is -2.33. The number of nitrogens with two attached hydrogens (primary N) is 1. The van der Waals surface area contributed by atoms with Gasteiger partial charge in [0.25, 0.3) is 11.8 Å². The highest BCUT2D eigenvalue weighted by Gasteiger charge is 2.45. The van der Waals surface area contributed by atoms with E-state index < -0.39 is 24.3 Å². The molecule has 3 N–H and O–H groups in total. The second kappa shape index (κ2) is 7.14. The fourth-order valence-electron chi connectivity index (χ4n) is 3.88. The van der Waals surface area contributed by atoms with Crippen LogP contribution in [0, 0.1) is 13.8 Å². The number of aromatic nitrogens is 1. The van der Waals surface area contributed by atoms with Gasteiger partial charge < -0.3 is 24.6 Å². The molecule has 1 fully saturated rings. The lowest BCUT2D eigenvalue weighted by atomic mass is 9.83. The van der Waals surface area contributed by atoms with Crippen LogP contribution in [0.1, 0.15) is 45.6 Å². The fourth-order valence-corrected chi connectivity index (χ4v) is 3.88. The molecule has 0 aliphatic carbocycles. The van der Waals surface area contributed by atoms with Gasteiger partial charge in [-0.2, -0.15) is 0 Å². The van der Waals surface area contributed by atoms with Gasteiger partial charge in [0, 0.05) is 10.9 Å². The molecule has 0 spiro atoms. The van der Waals surface area contributed by atoms with Crippen LogP contribution in [-0.2, 0) is 6.61 Å². The lowest BCUT2D eigenvalue weighted by Crippen LogP contribution is -2.44. The molecule has 9 heteroatoms. The number of piperidine rings is 1. The molecule has 0 bridgehead atoms. The molecular formula is C20H21F2N3O4. The molecule has 1 aliphatic rings. The summed E-state index contributed by atoms with van der Waals surface area (Å²) in [5.41, 5.74) is 6.87. The highest BCUT2D eigenvalue weighted by atomic mass is 19.3. The van der Waals surface area contributed by atoms with Gasteiger partial charge in [0.1, 0.15) is 23.4 Å². The first-order valence-electron chi connectivity index (χ1n) is 9.26. The van der Waals surface area contributed by atoms with Gasteiger partial charge >= 0.3 is 0 Å². The zero-order valence-electron chi connectivity index (χ0n) is 16.1. The summed E-state index contributed by atoms with van der Waals surface area (Å²) < 4.78 is 46.5. The number of aryl methyl sites for hydroxylation is 2. The van der Waals surface area contributed by atoms with Crippen molar-refractivity contribution >= 4 is 16.9 Å². The first-order valence-corrected chi connectivity index (χ1v) is 9.26. The average molecular weight is 405 g/mol. The van der Waals surface area contributed by atoms with Crippen LogP contribution in [0.4, 0.5) is 8.78 Å². The van der Waals surface area contributed by atoms with Crippen LogP contribution >= 0.6 is 0 Å². The zero-order chi connectivity index (χ0) is 20.8. The van der Waals surface area contributed by atoms with Crippen LogP contribution < -0.4 is 15.8 Å². The van der Waals surface area contributed by atoms with Gasteiger partial charge in [-0.15, -0.1) is 0 Å². The molecule has 0 saturated carbocycles. The van der Waals surface area contributed by atoms with Crippen molar-refractivity contribution in [3.8, 4) is 5.75 Å². The maximum absolute atomic E-state index is 14.9. The maximum Gasteiger partial charge on any atom is 0.267 e. The van der Waals surface area contributed by atoms with E-state index in [2.05, 4.69) is 10.3 Å². The number of ether oxygens (including phenoxy) is 1. The number of alkyl halides is 2. The van der Waals surface area contributed by atoms with Crippen LogP contribution in [-0.4, -0.2) is 29.9 Å². The zero-order valence-corrected chi connectivity index (χ0v) is 16.1. The molecule has 1 atom stereocenters. The van der Waals surface area contributed by atoms with Crippen LogP contribution in [0.25, 0.3) is 11.0 Å². The Morgan fingerprint density at radius 2 is 2.21 bits per heavy atom. The Hall–Kier alpha value is -2.94. The van der Waals surface area contributed by atoms with E-state index in [0.29, 0.717) is 23.7 Å². The topological polar surface area (TPSA) is 104 Å². The Balaban J connectivity index is 1.87. The summed E-state index contributed by atoms with van der Waals surface area (Å²) in [4.78, 5) is 16.2. The van der Waals surface area contributed by atoms with Crippen molar-refractivity contribution in [3.63, 3.8) is 0 Å². The Bertz CT molecular complexity index is 1070. The average Bonchev–Trinajstić information content (AvgIpc) is 3.21. The van der Waals surface area contributed by atoms with Crippen LogP contribution in [0.5, 0.6) is 5.75 Å². The Labute approximate surface area is 165 Å². The molecule has 1 saturated heterocycles. The SMILES string of the molecule is Cc1coc(COc2ccc3oc(C)c(C(N)=O)c3c2C2CCNCC2(F)F)n1. The van der Waals surface area contributed by atoms with Crippen molar-refractivity contribution < 1.29 is 27.1 Å². The Kier molecular flexibility index (Phi) is 4.77. The normalized spacial score (nSPS) is 18.8. The second-order valence-corrected chi connectivity index (χ2v) is 7.20. The standard InChI is InChI=1S/C20H21F2N3O4/c1-10-7-28-15(25-10)8-27-13-3-4-14-18(16(19(23)26)11(2)29-14)17(13)12-5-6-24-9-20(12,21)22/h3-4,7,12,24H,5-6,8-9H2,1-2H3,(H2,23,26). The lowest BCUT2D eigenvalue weighted by molar-refractivity contribution is -0.0423. The van der Waals surface area contributed by atoms with Gasteiger partial charge in [-0.05, 0) is 38.9 Å². The van der Waals surface area contributed by atoms with E-state index in [1.807, 2.05) is 0 Å². The number of benzene rings is 1. The summed E-state index contributed by atoms with van der Waals surface area (Å²) in [6, 6.07) is 3.16. The predicted octanol–water partition coefficient (Wildman–Crippen LogP) is 3.43. The minimum absolute atomic E-state index is 0.0361. The minimum Gasteiger partial charge on any atom is -0.484 e. The first kappa shape index (κ1) is 19.4. The number of carbonyl (C=O) groups is 1. The highest BCUT2D eigenvalue weighted by molar-refractivity contribution is 6.08. The summed E-state index contributed by atoms with van der Waals surface area (Å²) in [6.07, 6.45) is 1.65. The van der Waals surface area contributed by atoms with Crippen molar-refractivity contribution in [2.24, 2.45) is 5.73 Å². The molecule has 29 heavy (non-hydrogen) atoms. The van der Waals surface area contributed by atoms with Gasteiger partial charge in [0.2, 0.25) is 5.89 Å². The van der Waals surface area contributed by atoms with Crippen molar-refractivity contribution in [3.05, 3.63) is 46.9 Å². The Morgan fingerprint density at radius 1 is 1.41 bits per heavy atom. The van der Waals surface area contributed by atoms with Crippen LogP contribution in [0.3, 0.4) is 0 Å². The molecule has 2 aromatic heterocycles. The van der Waals surface area contributed by atoms with Gasteiger partial charge in [0.15, 0.2) is 6.61 Å². The van der Waals surface area contributed by atoms with E-state index in [1.165, 1.54) is 6.26 Å². The van der Waals surface area contributed by atoms with E-state index >= 15 is 0 Å². The summed E-state index contributed by atoms with van der Waals surface area (Å²) in [7, 11) is 0. The van der Waals surface area contributed by atoms with Crippen LogP contribution in [0.2, 0.25) is 0 Å². The number of rotatable bonds is 5. The summed E-state index contributed by atoms with van der Waals surface area (Å²) >= 11 is 0. The molecule has 1 amide bonds. The van der Waals surface area contributed by atoms with E-state index in [4.69, 9.17) is 19.3 Å². The molecule has 7 nitrogen and oxygen atoms in total. The van der Waals surface area contributed by atoms with E-state index in [-0.39, 0.29) is 41.1 Å². The molecule has 1 aliphatic heterocycles. The first-order chi connectivity index (χ1) is 13.8. The highest BCUT2D eigenvalue weighted by Crippen LogP contribution is 2.47. The number of carbonyl (C=O) groups excluding carboxylic acids is 1. The van der Waals surface area contributed by atoms with E-state index in [1.54, 1.807) is 26.0 Å². The third kappa shape index (κ3) is 3.46. The molecule has 4 rings (SSSR count). The van der Waals surface area contributed by atoms with Crippen molar-refractivity contribution in [2.75, 3.05) is 13.1 Å². The predicted molar refractivity (Wildman–Crippen MR) is 100 cm³/mol. The maximum atomic E-state index is 14.9. The number of fused-ring (bicyclic) bond motifs is 1. The number of nitrogens with one attached hydrogen (secondary N) is 1.